The van der Waals surface area contributed by atoms with Crippen LogP contribution in [-0.2, 0) is 0 Å². The number of nitrogens with zero attached hydrogens (tertiary/aromatic N) is 1. The molecule has 1 N–H and O–H groups in total. The number of nitrogens with one attached hydrogen (secondary N) is 1. The first-order valence-electron chi connectivity index (χ1n) is 5.99. The van der Waals surface area contributed by atoms with E-state index in [0.717, 1.165) is 16.7 Å². The van der Waals surface area contributed by atoms with Crippen molar-refractivity contribution >= 4 is 27.3 Å². The molecule has 0 aliphatic heterocycles. The summed E-state index contributed by atoms with van der Waals surface area (Å²) >= 11 is 5.31. The Bertz CT molecular complexity index is 536. The van der Waals surface area contributed by atoms with E-state index < -0.39 is 0 Å². The van der Waals surface area contributed by atoms with Crippen molar-refractivity contribution in [2.45, 2.75) is 19.8 Å². The fourth-order valence-corrected chi connectivity index (χ4v) is 3.32. The van der Waals surface area contributed by atoms with Gasteiger partial charge in [-0.05, 0) is 26.1 Å². The second-order valence-corrected chi connectivity index (χ2v) is 6.58. The number of halogens is 1. The summed E-state index contributed by atoms with van der Waals surface area (Å²) in [5.74, 6) is 0.458. The zero-order valence-electron chi connectivity index (χ0n) is 10.8. The minimum absolute atomic E-state index is 0.458. The molecule has 2 rings (SSSR count). The lowest BCUT2D eigenvalue weighted by Gasteiger charge is -2.05. The second kappa shape index (κ2) is 5.95. The zero-order valence-corrected chi connectivity index (χ0v) is 13.2. The van der Waals surface area contributed by atoms with Gasteiger partial charge in [-0.25, -0.2) is 4.98 Å². The van der Waals surface area contributed by atoms with Crippen LogP contribution in [0.25, 0.3) is 11.3 Å². The lowest BCUT2D eigenvalue weighted by atomic mass is 10.1. The van der Waals surface area contributed by atoms with Gasteiger partial charge in [0.2, 0.25) is 0 Å². The van der Waals surface area contributed by atoms with Gasteiger partial charge >= 0.3 is 0 Å². The third kappa shape index (κ3) is 2.99. The van der Waals surface area contributed by atoms with Gasteiger partial charge in [-0.2, -0.15) is 0 Å². The van der Waals surface area contributed by atoms with Crippen LogP contribution in [-0.4, -0.2) is 18.6 Å². The maximum absolute atomic E-state index is 4.80. The van der Waals surface area contributed by atoms with E-state index in [4.69, 9.17) is 4.98 Å². The van der Waals surface area contributed by atoms with Crippen molar-refractivity contribution in [2.75, 3.05) is 13.6 Å². The van der Waals surface area contributed by atoms with Crippen LogP contribution >= 0.6 is 27.3 Å². The van der Waals surface area contributed by atoms with Gasteiger partial charge in [0.1, 0.15) is 0 Å². The summed E-state index contributed by atoms with van der Waals surface area (Å²) in [4.78, 5) is 6.08. The topological polar surface area (TPSA) is 24.9 Å². The average Bonchev–Trinajstić information content (AvgIpc) is 2.72. The maximum Gasteiger partial charge on any atom is 0.0976 e. The fourth-order valence-electron chi connectivity index (χ4n) is 1.92. The van der Waals surface area contributed by atoms with Gasteiger partial charge in [0, 0.05) is 27.4 Å². The molecular weight excluding hydrogens is 308 g/mol. The average molecular weight is 325 g/mol. The molecule has 1 heterocycles. The van der Waals surface area contributed by atoms with Gasteiger partial charge in [0.15, 0.2) is 0 Å². The van der Waals surface area contributed by atoms with Gasteiger partial charge in [-0.15, -0.1) is 11.3 Å². The van der Waals surface area contributed by atoms with Crippen LogP contribution in [0.4, 0.5) is 0 Å². The smallest absolute Gasteiger partial charge is 0.0976 e. The van der Waals surface area contributed by atoms with Gasteiger partial charge in [0.25, 0.3) is 0 Å². The van der Waals surface area contributed by atoms with E-state index in [-0.39, 0.29) is 0 Å². The van der Waals surface area contributed by atoms with Crippen LogP contribution in [0.5, 0.6) is 0 Å². The second-order valence-electron chi connectivity index (χ2n) is 4.43. The van der Waals surface area contributed by atoms with Crippen LogP contribution in [0.1, 0.15) is 22.7 Å². The predicted molar refractivity (Wildman–Crippen MR) is 82.3 cm³/mol. The molecule has 2 nitrogen and oxygen atoms in total. The van der Waals surface area contributed by atoms with Crippen LogP contribution in [0.3, 0.4) is 0 Å². The lowest BCUT2D eigenvalue weighted by Crippen LogP contribution is -2.14. The summed E-state index contributed by atoms with van der Waals surface area (Å²) in [7, 11) is 1.98. The van der Waals surface area contributed by atoms with Gasteiger partial charge in [-0.1, -0.05) is 35.0 Å². The molecule has 96 valence electrons. The molecule has 0 saturated heterocycles. The van der Waals surface area contributed by atoms with E-state index in [9.17, 15) is 0 Å². The summed E-state index contributed by atoms with van der Waals surface area (Å²) in [5.41, 5.74) is 2.29. The molecule has 1 aromatic carbocycles. The largest absolute Gasteiger partial charge is 0.319 e. The van der Waals surface area contributed by atoms with E-state index in [1.807, 2.05) is 13.1 Å². The van der Waals surface area contributed by atoms with Crippen molar-refractivity contribution in [3.63, 3.8) is 0 Å². The quantitative estimate of drug-likeness (QED) is 0.911. The van der Waals surface area contributed by atoms with Crippen molar-refractivity contribution in [3.05, 3.63) is 38.6 Å². The van der Waals surface area contributed by atoms with Crippen LogP contribution in [0.15, 0.2) is 28.7 Å². The highest BCUT2D eigenvalue weighted by Gasteiger charge is 2.14. The summed E-state index contributed by atoms with van der Waals surface area (Å²) in [6.45, 7) is 5.31. The molecular formula is C14H17BrN2S. The van der Waals surface area contributed by atoms with Crippen molar-refractivity contribution < 1.29 is 0 Å². The molecule has 1 atom stereocenters. The van der Waals surface area contributed by atoms with Crippen LogP contribution < -0.4 is 5.32 Å². The predicted octanol–water partition coefficient (Wildman–Crippen LogP) is 4.20. The zero-order chi connectivity index (χ0) is 13.1. The maximum atomic E-state index is 4.80. The summed E-state index contributed by atoms with van der Waals surface area (Å²) in [6.07, 6.45) is 0. The molecule has 0 radical (unpaired) electrons. The number of likely N-dealkylation sites (N-methyl/N-ethyl adjacent to an activating group) is 1. The molecule has 0 amide bonds. The highest BCUT2D eigenvalue weighted by atomic mass is 79.9. The molecule has 0 spiro atoms. The van der Waals surface area contributed by atoms with E-state index in [1.54, 1.807) is 11.3 Å². The summed E-state index contributed by atoms with van der Waals surface area (Å²) in [6, 6.07) is 8.32. The number of aromatic nitrogens is 1. The van der Waals surface area contributed by atoms with Crippen molar-refractivity contribution in [2.24, 2.45) is 0 Å². The Balaban J connectivity index is 2.35. The molecule has 0 saturated carbocycles. The minimum Gasteiger partial charge on any atom is -0.319 e. The number of hydrogen-bond donors (Lipinski definition) is 1. The highest BCUT2D eigenvalue weighted by molar-refractivity contribution is 9.10. The van der Waals surface area contributed by atoms with Crippen molar-refractivity contribution in [1.29, 1.82) is 0 Å². The Morgan fingerprint density at radius 1 is 1.44 bits per heavy atom. The molecule has 0 bridgehead atoms. The SMILES string of the molecule is CNCC(C)c1nc(-c2cccc(Br)c2)c(C)s1. The molecule has 0 aliphatic carbocycles. The van der Waals surface area contributed by atoms with Crippen LogP contribution in [0, 0.1) is 6.92 Å². The van der Waals surface area contributed by atoms with Crippen LogP contribution in [0.2, 0.25) is 0 Å². The van der Waals surface area contributed by atoms with Gasteiger partial charge in [0.05, 0.1) is 10.7 Å². The monoisotopic (exact) mass is 324 g/mol. The molecule has 1 unspecified atom stereocenters. The Hall–Kier alpha value is -0.710. The van der Waals surface area contributed by atoms with Gasteiger partial charge < -0.3 is 5.32 Å². The minimum atomic E-state index is 0.458. The number of hydrogen-bond acceptors (Lipinski definition) is 3. The fraction of sp³-hybridized carbons (Fsp3) is 0.357. The lowest BCUT2D eigenvalue weighted by molar-refractivity contribution is 0.674. The number of aryl methyl sites for hydroxylation is 1. The number of benzene rings is 1. The molecule has 0 fully saturated rings. The first-order chi connectivity index (χ1) is 8.61. The third-order valence-corrected chi connectivity index (χ3v) is 4.54. The van der Waals surface area contributed by atoms with Gasteiger partial charge in [-0.3, -0.25) is 0 Å². The normalized spacial score (nSPS) is 12.7. The van der Waals surface area contributed by atoms with E-state index in [0.29, 0.717) is 5.92 Å². The Labute approximate surface area is 121 Å². The standard InChI is InChI=1S/C14H17BrN2S/c1-9(8-16-3)14-17-13(10(2)18-14)11-5-4-6-12(15)7-11/h4-7,9,16H,8H2,1-3H3. The summed E-state index contributed by atoms with van der Waals surface area (Å²) in [5, 5.41) is 4.41. The Morgan fingerprint density at radius 2 is 2.22 bits per heavy atom. The Morgan fingerprint density at radius 3 is 2.89 bits per heavy atom. The van der Waals surface area contributed by atoms with Crippen molar-refractivity contribution in [3.8, 4) is 11.3 Å². The first-order valence-corrected chi connectivity index (χ1v) is 7.60. The number of thiazole rings is 1. The summed E-state index contributed by atoms with van der Waals surface area (Å²) < 4.78 is 1.09. The molecule has 18 heavy (non-hydrogen) atoms. The van der Waals surface area contributed by atoms with E-state index >= 15 is 0 Å². The Kier molecular flexibility index (Phi) is 4.54. The molecule has 2 aromatic rings. The molecule has 1 aromatic heterocycles. The third-order valence-electron chi connectivity index (χ3n) is 2.84. The molecule has 4 heteroatoms. The molecule has 0 aliphatic rings. The first kappa shape index (κ1) is 13.7. The number of rotatable bonds is 4. The highest BCUT2D eigenvalue weighted by Crippen LogP contribution is 2.32. The van der Waals surface area contributed by atoms with E-state index in [2.05, 4.69) is 53.3 Å². The van der Waals surface area contributed by atoms with E-state index in [1.165, 1.54) is 15.4 Å². The van der Waals surface area contributed by atoms with Crippen molar-refractivity contribution in [1.82, 2.24) is 10.3 Å².